The number of hydrogen-bond donors (Lipinski definition) is 2. The van der Waals surface area contributed by atoms with Crippen LogP contribution in [0.3, 0.4) is 0 Å². The molecular weight excluding hydrogens is 1600 g/mol. The molecule has 16 rings (SSSR count). The second kappa shape index (κ2) is 44.3. The Labute approximate surface area is 677 Å². The number of aliphatic hydroxyl groups excluding tert-OH is 1. The number of aromatic nitrogens is 1. The summed E-state index contributed by atoms with van der Waals surface area (Å²) in [7, 11) is 8.37. The third-order valence-corrected chi connectivity index (χ3v) is 24.4. The molecule has 4 N–H and O–H groups in total. The number of fused-ring (bicyclic) bond motifs is 5. The summed E-state index contributed by atoms with van der Waals surface area (Å²) >= 11 is 6.48. The largest absolute Gasteiger partial charge is 1.00 e. The number of carbonyl (C=O) groups excluding carboxylic acids is 1. The van der Waals surface area contributed by atoms with E-state index in [1.807, 2.05) is 66.7 Å². The van der Waals surface area contributed by atoms with E-state index < -0.39 is 23.8 Å². The third kappa shape index (κ3) is 23.5. The molecule has 0 fully saturated rings. The second-order valence-electron chi connectivity index (χ2n) is 22.2. The zero-order chi connectivity index (χ0) is 69.5. The van der Waals surface area contributed by atoms with Crippen LogP contribution in [-0.2, 0) is 39.7 Å². The molecule has 2 aliphatic rings. The molecule has 1 aromatic heterocycles. The Morgan fingerprint density at radius 2 is 0.706 bits per heavy atom. The van der Waals surface area contributed by atoms with Crippen molar-refractivity contribution >= 4 is 145 Å². The zero-order valence-electron chi connectivity index (χ0n) is 55.8. The number of rotatable bonds is 10. The number of pyridine rings is 1. The molecule has 3 heterocycles. The van der Waals surface area contributed by atoms with Crippen LogP contribution in [0.15, 0.2) is 373 Å². The van der Waals surface area contributed by atoms with Gasteiger partial charge in [0.25, 0.3) is 0 Å². The van der Waals surface area contributed by atoms with Gasteiger partial charge in [-0.25, -0.2) is 4.98 Å². The van der Waals surface area contributed by atoms with Crippen LogP contribution >= 0.6 is 75.0 Å². The molecule has 13 aromatic carbocycles. The minimum atomic E-state index is -0.446. The molecular formula is C86H72Br2Cl2KN2O5P3Ru. The maximum atomic E-state index is 11.2. The van der Waals surface area contributed by atoms with Crippen LogP contribution in [0.4, 0.5) is 5.69 Å². The fourth-order valence-corrected chi connectivity index (χ4v) is 18.9. The first-order valence-corrected chi connectivity index (χ1v) is 42.2. The Hall–Kier alpha value is -6.49. The van der Waals surface area contributed by atoms with Gasteiger partial charge in [-0.2, -0.15) is 0 Å². The Balaban J connectivity index is 0.000000156. The SMILES string of the molecule is Brc1cccc2nc3c(cc12)OCc1ccccc1-3.Nc1cccc(Br)c1CO.O=C1COCc2ccccc21.[Cl][Ru][Cl].[K+].[OH-].c1ccc(P(c2ccccc2)c2ccccc2)cc1.c1ccc(P(c2ccccc2)c2ccccc2)cc1.c1ccc(P(c2ccccc2)c2ccccc2)cc1. The van der Waals surface area contributed by atoms with Gasteiger partial charge in [-0.1, -0.05) is 366 Å². The molecule has 7 nitrogen and oxygen atoms in total. The number of nitrogens with two attached hydrogens (primary N) is 1. The molecule has 0 amide bonds. The Morgan fingerprint density at radius 1 is 0.402 bits per heavy atom. The Kier molecular flexibility index (Phi) is 35.3. The van der Waals surface area contributed by atoms with Crippen molar-refractivity contribution in [1.82, 2.24) is 4.98 Å². The van der Waals surface area contributed by atoms with Crippen molar-refractivity contribution in [3.05, 3.63) is 395 Å². The average Bonchev–Trinajstić information content (AvgIpc) is 0.771. The molecule has 0 radical (unpaired) electrons. The van der Waals surface area contributed by atoms with E-state index in [0.29, 0.717) is 18.9 Å². The molecule has 508 valence electrons. The predicted molar refractivity (Wildman–Crippen MR) is 433 cm³/mol. The number of ketones is 1. The first kappa shape index (κ1) is 81.2. The zero-order valence-corrected chi connectivity index (χ0v) is 68.0. The van der Waals surface area contributed by atoms with Crippen LogP contribution in [-0.4, -0.2) is 28.0 Å². The van der Waals surface area contributed by atoms with Gasteiger partial charge in [-0.05, 0) is 113 Å². The third-order valence-electron chi connectivity index (χ3n) is 15.7. The number of aliphatic hydroxyl groups is 1. The second-order valence-corrected chi connectivity index (χ2v) is 33.2. The summed E-state index contributed by atoms with van der Waals surface area (Å²) in [5.41, 5.74) is 13.0. The van der Waals surface area contributed by atoms with E-state index in [9.17, 15) is 4.79 Å². The van der Waals surface area contributed by atoms with Crippen molar-refractivity contribution in [3.8, 4) is 17.0 Å². The molecule has 0 saturated heterocycles. The smallest absolute Gasteiger partial charge is 0.870 e. The summed E-state index contributed by atoms with van der Waals surface area (Å²) in [5, 5.41) is 22.5. The van der Waals surface area contributed by atoms with E-state index in [0.717, 1.165) is 48.0 Å². The van der Waals surface area contributed by atoms with Crippen molar-refractivity contribution in [1.29, 1.82) is 0 Å². The normalized spacial score (nSPS) is 11.2. The fourth-order valence-electron chi connectivity index (χ4n) is 11.0. The quantitative estimate of drug-likeness (QED) is 0.0794. The average molecular weight is 1680 g/mol. The van der Waals surface area contributed by atoms with Gasteiger partial charge >= 0.3 is 85.9 Å². The summed E-state index contributed by atoms with van der Waals surface area (Å²) in [5.74, 6) is 0.949. The molecule has 102 heavy (non-hydrogen) atoms. The van der Waals surface area contributed by atoms with Crippen molar-refractivity contribution < 1.29 is 91.4 Å². The van der Waals surface area contributed by atoms with E-state index in [1.54, 1.807) is 6.07 Å². The summed E-state index contributed by atoms with van der Waals surface area (Å²) in [4.78, 5) is 15.9. The minimum absolute atomic E-state index is 0. The van der Waals surface area contributed by atoms with Crippen molar-refractivity contribution in [2.24, 2.45) is 0 Å². The van der Waals surface area contributed by atoms with Gasteiger partial charge in [0.1, 0.15) is 24.7 Å². The van der Waals surface area contributed by atoms with Crippen LogP contribution in [0.5, 0.6) is 5.75 Å². The van der Waals surface area contributed by atoms with Crippen LogP contribution < -0.4 is 110 Å². The van der Waals surface area contributed by atoms with E-state index in [-0.39, 0.29) is 91.0 Å². The number of anilines is 1. The fraction of sp³-hybridized carbons (Fsp3) is 0.0465. The molecule has 16 heteroatoms. The van der Waals surface area contributed by atoms with Gasteiger partial charge in [-0.15, -0.1) is 0 Å². The van der Waals surface area contributed by atoms with Crippen LogP contribution in [0.2, 0.25) is 0 Å². The van der Waals surface area contributed by atoms with Gasteiger partial charge in [0.15, 0.2) is 5.78 Å². The van der Waals surface area contributed by atoms with Gasteiger partial charge in [0, 0.05) is 36.7 Å². The predicted octanol–water partition coefficient (Wildman–Crippen LogP) is 16.0. The molecule has 0 saturated carbocycles. The molecule has 14 aromatic rings. The van der Waals surface area contributed by atoms with Gasteiger partial charge in [0.2, 0.25) is 0 Å². The van der Waals surface area contributed by atoms with E-state index in [1.165, 1.54) is 58.9 Å². The Bertz CT molecular complexity index is 4180. The number of nitrogen functional groups attached to an aromatic ring is 1. The first-order chi connectivity index (χ1) is 49.2. The monoisotopic (exact) mass is 1670 g/mol. The number of halogens is 4. The number of ether oxygens (including phenoxy) is 2. The van der Waals surface area contributed by atoms with Crippen molar-refractivity contribution in [3.63, 3.8) is 0 Å². The van der Waals surface area contributed by atoms with E-state index >= 15 is 0 Å². The van der Waals surface area contributed by atoms with Crippen LogP contribution in [0.25, 0.3) is 22.2 Å². The molecule has 0 spiro atoms. The van der Waals surface area contributed by atoms with Crippen molar-refractivity contribution in [2.75, 3.05) is 12.3 Å². The van der Waals surface area contributed by atoms with Crippen LogP contribution in [0.1, 0.15) is 27.0 Å². The molecule has 0 atom stereocenters. The molecule has 0 aliphatic carbocycles. The topological polar surface area (TPSA) is 125 Å². The van der Waals surface area contributed by atoms with Gasteiger partial charge < -0.3 is 25.8 Å². The maximum absolute atomic E-state index is 11.2. The molecule has 2 aliphatic heterocycles. The number of hydrogen-bond acceptors (Lipinski definition) is 7. The van der Waals surface area contributed by atoms with Gasteiger partial charge in [-0.3, -0.25) is 4.79 Å². The Morgan fingerprint density at radius 3 is 1.03 bits per heavy atom. The van der Waals surface area contributed by atoms with Crippen LogP contribution in [0, 0.1) is 0 Å². The summed E-state index contributed by atoms with van der Waals surface area (Å²) in [6.45, 7) is 1.40. The van der Waals surface area contributed by atoms with E-state index in [2.05, 4.69) is 323 Å². The number of Topliss-reactive ketones (excluding diaryl/α,β-unsaturated/α-hetero) is 1. The standard InChI is InChI=1S/3C18H15P.C16H10BrNO.C9H8O2.C7H8BrNO.2ClH.K.H2O.Ru/c3*1-4-10-16(11-5-1)19(17-12-6-2-7-13-17)18-14-8-3-9-15-18;17-13-6-3-7-14-12(13)8-15-16(18-14)11-5-2-1-4-10(11)9-19-15;10-9-6-11-5-7-3-1-2-4-8(7)9;8-6-2-1-3-7(9)5(6)4-10;;;;;/h3*1-15H;1-8H,9H2;1-4H,5-6H2;1-3,10H,4,9H2;2*1H;;1H2;/q;;;;;;;;+1;;+2/p-3. The number of benzene rings is 13. The minimum Gasteiger partial charge on any atom is -0.870 e. The summed E-state index contributed by atoms with van der Waals surface area (Å²) < 4.78 is 12.8. The summed E-state index contributed by atoms with van der Waals surface area (Å²) in [6, 6.07) is 126. The van der Waals surface area contributed by atoms with Gasteiger partial charge in [0.05, 0.1) is 18.7 Å². The number of nitrogens with zero attached hydrogens (tertiary/aromatic N) is 1. The molecule has 0 unspecified atom stereocenters. The first-order valence-electron chi connectivity index (χ1n) is 32.1. The number of carbonyl (C=O) groups is 1. The maximum Gasteiger partial charge on any atom is 1.00 e. The van der Waals surface area contributed by atoms with Crippen molar-refractivity contribution in [2.45, 2.75) is 19.8 Å². The molecule has 0 bridgehead atoms. The summed E-state index contributed by atoms with van der Waals surface area (Å²) in [6.07, 6.45) is 0. The van der Waals surface area contributed by atoms with E-state index in [4.69, 9.17) is 44.7 Å².